The molecule has 0 spiro atoms. The van der Waals surface area contributed by atoms with Gasteiger partial charge in [0.1, 0.15) is 24.4 Å². The Morgan fingerprint density at radius 3 is 2.63 bits per heavy atom. The zero-order chi connectivity index (χ0) is 13.2. The van der Waals surface area contributed by atoms with Crippen LogP contribution in [0.15, 0.2) is 54.1 Å². The summed E-state index contributed by atoms with van der Waals surface area (Å²) in [6, 6.07) is 14.6. The summed E-state index contributed by atoms with van der Waals surface area (Å²) in [5.41, 5.74) is 3.11. The van der Waals surface area contributed by atoms with E-state index in [4.69, 9.17) is 4.74 Å². The van der Waals surface area contributed by atoms with E-state index in [0.717, 1.165) is 23.0 Å². The van der Waals surface area contributed by atoms with Gasteiger partial charge in [0.15, 0.2) is 0 Å². The van der Waals surface area contributed by atoms with Crippen molar-refractivity contribution in [2.45, 2.75) is 0 Å². The van der Waals surface area contributed by atoms with Crippen molar-refractivity contribution in [2.75, 3.05) is 6.61 Å². The van der Waals surface area contributed by atoms with Gasteiger partial charge in [0.25, 0.3) is 0 Å². The molecule has 94 valence electrons. The Morgan fingerprint density at radius 1 is 1.11 bits per heavy atom. The van der Waals surface area contributed by atoms with E-state index in [2.05, 4.69) is 0 Å². The normalized spacial score (nSPS) is 13.7. The van der Waals surface area contributed by atoms with Crippen molar-refractivity contribution >= 4 is 11.9 Å². The molecule has 0 atom stereocenters. The first kappa shape index (κ1) is 11.5. The molecule has 3 heteroatoms. The van der Waals surface area contributed by atoms with E-state index >= 15 is 0 Å². The Labute approximate surface area is 110 Å². The number of carbonyl (C=O) groups excluding carboxylic acids is 1. The van der Waals surface area contributed by atoms with Gasteiger partial charge in [0, 0.05) is 16.7 Å². The van der Waals surface area contributed by atoms with Gasteiger partial charge in [-0.25, -0.2) is 0 Å². The first-order valence-corrected chi connectivity index (χ1v) is 5.99. The SMILES string of the molecule is O=CC1=C(c2ccccc2)c2cc(O)ccc2OC1. The van der Waals surface area contributed by atoms with Crippen LogP contribution in [0.25, 0.3) is 5.57 Å². The summed E-state index contributed by atoms with van der Waals surface area (Å²) in [5.74, 6) is 0.838. The number of hydrogen-bond donors (Lipinski definition) is 1. The summed E-state index contributed by atoms with van der Waals surface area (Å²) in [4.78, 5) is 11.2. The van der Waals surface area contributed by atoms with Crippen LogP contribution in [-0.2, 0) is 4.79 Å². The van der Waals surface area contributed by atoms with Gasteiger partial charge in [0.2, 0.25) is 0 Å². The van der Waals surface area contributed by atoms with Gasteiger partial charge in [-0.15, -0.1) is 0 Å². The highest BCUT2D eigenvalue weighted by Gasteiger charge is 2.21. The van der Waals surface area contributed by atoms with E-state index in [1.807, 2.05) is 30.3 Å². The minimum Gasteiger partial charge on any atom is -0.508 e. The molecule has 0 saturated heterocycles. The maximum atomic E-state index is 11.2. The van der Waals surface area contributed by atoms with Crippen LogP contribution in [-0.4, -0.2) is 18.0 Å². The monoisotopic (exact) mass is 252 g/mol. The second-order valence-corrected chi connectivity index (χ2v) is 4.35. The van der Waals surface area contributed by atoms with Crippen LogP contribution in [0, 0.1) is 0 Å². The molecule has 3 rings (SSSR count). The molecule has 19 heavy (non-hydrogen) atoms. The fraction of sp³-hybridized carbons (Fsp3) is 0.0625. The zero-order valence-electron chi connectivity index (χ0n) is 10.2. The van der Waals surface area contributed by atoms with Crippen LogP contribution in [0.4, 0.5) is 0 Å². The first-order chi connectivity index (χ1) is 9.29. The average Bonchev–Trinajstić information content (AvgIpc) is 2.46. The zero-order valence-corrected chi connectivity index (χ0v) is 10.2. The summed E-state index contributed by atoms with van der Waals surface area (Å²) in [6.07, 6.45) is 0.815. The third-order valence-corrected chi connectivity index (χ3v) is 3.14. The Bertz CT molecular complexity index is 657. The molecular formula is C16H12O3. The molecule has 1 aliphatic rings. The van der Waals surface area contributed by atoms with Gasteiger partial charge in [-0.1, -0.05) is 30.3 Å². The van der Waals surface area contributed by atoms with Gasteiger partial charge in [0.05, 0.1) is 0 Å². The van der Waals surface area contributed by atoms with Crippen molar-refractivity contribution in [1.82, 2.24) is 0 Å². The number of phenolic OH excluding ortho intramolecular Hbond substituents is 1. The maximum Gasteiger partial charge on any atom is 0.150 e. The van der Waals surface area contributed by atoms with E-state index in [9.17, 15) is 9.90 Å². The van der Waals surface area contributed by atoms with E-state index in [-0.39, 0.29) is 12.4 Å². The average molecular weight is 252 g/mol. The number of phenols is 1. The summed E-state index contributed by atoms with van der Waals surface area (Å²) in [7, 11) is 0. The lowest BCUT2D eigenvalue weighted by molar-refractivity contribution is -0.105. The van der Waals surface area contributed by atoms with Gasteiger partial charge in [-0.05, 0) is 23.8 Å². The maximum absolute atomic E-state index is 11.2. The largest absolute Gasteiger partial charge is 0.508 e. The van der Waals surface area contributed by atoms with E-state index in [1.54, 1.807) is 18.2 Å². The van der Waals surface area contributed by atoms with Crippen LogP contribution in [0.1, 0.15) is 11.1 Å². The number of fused-ring (bicyclic) bond motifs is 1. The second-order valence-electron chi connectivity index (χ2n) is 4.35. The topological polar surface area (TPSA) is 46.5 Å². The fourth-order valence-corrected chi connectivity index (χ4v) is 2.28. The number of ether oxygens (including phenoxy) is 1. The van der Waals surface area contributed by atoms with Crippen LogP contribution in [0.3, 0.4) is 0 Å². The molecule has 1 aliphatic heterocycles. The van der Waals surface area contributed by atoms with E-state index in [1.165, 1.54) is 0 Å². The van der Waals surface area contributed by atoms with Gasteiger partial charge in [-0.3, -0.25) is 4.79 Å². The third kappa shape index (κ3) is 1.99. The van der Waals surface area contributed by atoms with Crippen LogP contribution < -0.4 is 4.74 Å². The molecule has 1 heterocycles. The number of hydrogen-bond acceptors (Lipinski definition) is 3. The summed E-state index contributed by atoms with van der Waals surface area (Å²) in [5, 5.41) is 9.65. The van der Waals surface area contributed by atoms with Crippen molar-refractivity contribution in [3.63, 3.8) is 0 Å². The van der Waals surface area contributed by atoms with Crippen LogP contribution in [0.5, 0.6) is 11.5 Å². The van der Waals surface area contributed by atoms with Crippen molar-refractivity contribution < 1.29 is 14.6 Å². The summed E-state index contributed by atoms with van der Waals surface area (Å²) in [6.45, 7) is 0.255. The minimum absolute atomic E-state index is 0.155. The Balaban J connectivity index is 2.26. The number of aromatic hydroxyl groups is 1. The first-order valence-electron chi connectivity index (χ1n) is 5.99. The second kappa shape index (κ2) is 4.61. The molecule has 0 fully saturated rings. The van der Waals surface area contributed by atoms with Gasteiger partial charge < -0.3 is 9.84 Å². The molecule has 0 aromatic heterocycles. The molecule has 0 saturated carbocycles. The van der Waals surface area contributed by atoms with Crippen molar-refractivity contribution in [1.29, 1.82) is 0 Å². The predicted octanol–water partition coefficient (Wildman–Crippen LogP) is 2.79. The lowest BCUT2D eigenvalue weighted by atomic mass is 9.91. The predicted molar refractivity (Wildman–Crippen MR) is 72.1 cm³/mol. The smallest absolute Gasteiger partial charge is 0.150 e. The molecule has 0 radical (unpaired) electrons. The molecule has 0 unspecified atom stereocenters. The highest BCUT2D eigenvalue weighted by atomic mass is 16.5. The van der Waals surface area contributed by atoms with Crippen molar-refractivity contribution in [3.05, 3.63) is 65.2 Å². The summed E-state index contributed by atoms with van der Waals surface area (Å²) >= 11 is 0. The molecule has 3 nitrogen and oxygen atoms in total. The van der Waals surface area contributed by atoms with Crippen molar-refractivity contribution in [2.24, 2.45) is 0 Å². The van der Waals surface area contributed by atoms with Crippen LogP contribution in [0.2, 0.25) is 0 Å². The Morgan fingerprint density at radius 2 is 1.89 bits per heavy atom. The molecule has 2 aromatic rings. The summed E-state index contributed by atoms with van der Waals surface area (Å²) < 4.78 is 5.53. The fourth-order valence-electron chi connectivity index (χ4n) is 2.28. The van der Waals surface area contributed by atoms with E-state index < -0.39 is 0 Å². The number of benzene rings is 2. The highest BCUT2D eigenvalue weighted by Crippen LogP contribution is 2.38. The lowest BCUT2D eigenvalue weighted by Crippen LogP contribution is -2.13. The Hall–Kier alpha value is -2.55. The lowest BCUT2D eigenvalue weighted by Gasteiger charge is -2.22. The van der Waals surface area contributed by atoms with Gasteiger partial charge in [-0.2, -0.15) is 0 Å². The van der Waals surface area contributed by atoms with E-state index in [0.29, 0.717) is 11.3 Å². The van der Waals surface area contributed by atoms with Gasteiger partial charge >= 0.3 is 0 Å². The molecule has 2 aromatic carbocycles. The Kier molecular flexibility index (Phi) is 2.80. The third-order valence-electron chi connectivity index (χ3n) is 3.14. The minimum atomic E-state index is 0.155. The standard InChI is InChI=1S/C16H12O3/c17-9-12-10-19-15-7-6-13(18)8-14(15)16(12)11-4-2-1-3-5-11/h1-9,18H,10H2. The highest BCUT2D eigenvalue weighted by molar-refractivity contribution is 5.97. The molecule has 0 amide bonds. The number of carbonyl (C=O) groups is 1. The molecule has 0 aliphatic carbocycles. The van der Waals surface area contributed by atoms with Crippen molar-refractivity contribution in [3.8, 4) is 11.5 Å². The molecule has 1 N–H and O–H groups in total. The molecular weight excluding hydrogens is 240 g/mol. The quantitative estimate of drug-likeness (QED) is 0.836. The van der Waals surface area contributed by atoms with Crippen LogP contribution >= 0.6 is 0 Å². The number of aldehydes is 1. The number of rotatable bonds is 2. The molecule has 0 bridgehead atoms.